The van der Waals surface area contributed by atoms with E-state index >= 15 is 0 Å². The van der Waals surface area contributed by atoms with Crippen LogP contribution in [-0.4, -0.2) is 35.8 Å². The molecule has 1 saturated heterocycles. The van der Waals surface area contributed by atoms with Crippen molar-refractivity contribution in [3.05, 3.63) is 24.0 Å². The lowest BCUT2D eigenvalue weighted by atomic mass is 10.1. The zero-order chi connectivity index (χ0) is 12.1. The van der Waals surface area contributed by atoms with E-state index in [1.165, 1.54) is 6.20 Å². The van der Waals surface area contributed by atoms with E-state index in [-0.39, 0.29) is 5.69 Å². The van der Waals surface area contributed by atoms with E-state index in [1.54, 1.807) is 12.1 Å². The maximum Gasteiger partial charge on any atom is 0.356 e. The fraction of sp³-hybridized carbons (Fsp3) is 0.500. The summed E-state index contributed by atoms with van der Waals surface area (Å²) in [5.74, 6) is -0.412. The van der Waals surface area contributed by atoms with Gasteiger partial charge in [0.25, 0.3) is 0 Å². The minimum atomic E-state index is -1.00. The Balaban J connectivity index is 1.87. The average molecular weight is 236 g/mol. The van der Waals surface area contributed by atoms with Crippen LogP contribution in [0.15, 0.2) is 18.3 Å². The molecule has 0 radical (unpaired) electrons. The highest BCUT2D eigenvalue weighted by Crippen LogP contribution is 2.17. The molecule has 0 aromatic carbocycles. The monoisotopic (exact) mass is 236 g/mol. The molecule has 1 aromatic heterocycles. The summed E-state index contributed by atoms with van der Waals surface area (Å²) >= 11 is 0. The molecule has 1 aliphatic heterocycles. The number of hydrogen-bond acceptors (Lipinski definition) is 4. The molecular formula is C12H16N2O3. The van der Waals surface area contributed by atoms with Gasteiger partial charge in [-0.1, -0.05) is 0 Å². The van der Waals surface area contributed by atoms with E-state index in [1.807, 2.05) is 0 Å². The van der Waals surface area contributed by atoms with Crippen LogP contribution in [0.2, 0.25) is 0 Å². The van der Waals surface area contributed by atoms with E-state index in [0.29, 0.717) is 11.6 Å². The fourth-order valence-corrected chi connectivity index (χ4v) is 1.94. The zero-order valence-corrected chi connectivity index (χ0v) is 9.56. The van der Waals surface area contributed by atoms with Crippen LogP contribution >= 0.6 is 0 Å². The van der Waals surface area contributed by atoms with Crippen molar-refractivity contribution in [2.24, 2.45) is 5.92 Å². The van der Waals surface area contributed by atoms with Gasteiger partial charge in [-0.3, -0.25) is 0 Å². The molecule has 0 saturated carbocycles. The lowest BCUT2D eigenvalue weighted by molar-refractivity contribution is 0.0691. The lowest BCUT2D eigenvalue weighted by Crippen LogP contribution is -2.12. The summed E-state index contributed by atoms with van der Waals surface area (Å²) < 4.78 is 5.29. The number of anilines is 1. The van der Waals surface area contributed by atoms with E-state index in [2.05, 4.69) is 10.3 Å². The number of pyridine rings is 1. The second kappa shape index (κ2) is 5.63. The number of rotatable bonds is 5. The minimum Gasteiger partial charge on any atom is -0.476 e. The van der Waals surface area contributed by atoms with Gasteiger partial charge < -0.3 is 15.2 Å². The van der Waals surface area contributed by atoms with Gasteiger partial charge in [0, 0.05) is 26.0 Å². The normalized spacial score (nSPS) is 19.2. The summed E-state index contributed by atoms with van der Waals surface area (Å²) in [6, 6.07) is 3.47. The number of aromatic nitrogens is 1. The highest BCUT2D eigenvalue weighted by atomic mass is 16.5. The van der Waals surface area contributed by atoms with Crippen molar-refractivity contribution in [1.82, 2.24) is 4.98 Å². The number of carboxylic acids is 1. The molecule has 92 valence electrons. The molecule has 0 bridgehead atoms. The van der Waals surface area contributed by atoms with Crippen molar-refractivity contribution in [1.29, 1.82) is 0 Å². The summed E-state index contributed by atoms with van der Waals surface area (Å²) in [6.07, 6.45) is 3.58. The number of aromatic carboxylic acids is 1. The predicted octanol–water partition coefficient (Wildman–Crippen LogP) is 1.62. The molecule has 1 fully saturated rings. The van der Waals surface area contributed by atoms with Crippen LogP contribution < -0.4 is 5.32 Å². The Morgan fingerprint density at radius 3 is 3.24 bits per heavy atom. The van der Waals surface area contributed by atoms with Crippen LogP contribution in [0, 0.1) is 5.92 Å². The number of nitrogens with one attached hydrogen (secondary N) is 1. The van der Waals surface area contributed by atoms with Crippen LogP contribution in [0.4, 0.5) is 5.69 Å². The van der Waals surface area contributed by atoms with E-state index in [4.69, 9.17) is 9.84 Å². The van der Waals surface area contributed by atoms with Gasteiger partial charge in [-0.15, -0.1) is 0 Å². The van der Waals surface area contributed by atoms with E-state index in [0.717, 1.165) is 32.6 Å². The van der Waals surface area contributed by atoms with Gasteiger partial charge in [0.1, 0.15) is 0 Å². The van der Waals surface area contributed by atoms with Gasteiger partial charge in [-0.05, 0) is 30.9 Å². The summed E-state index contributed by atoms with van der Waals surface area (Å²) in [6.45, 7) is 2.42. The van der Waals surface area contributed by atoms with Crippen LogP contribution in [-0.2, 0) is 4.74 Å². The lowest BCUT2D eigenvalue weighted by Gasteiger charge is -2.11. The molecule has 0 amide bonds. The molecule has 1 unspecified atom stereocenters. The Morgan fingerprint density at radius 1 is 1.65 bits per heavy atom. The first-order chi connectivity index (χ1) is 8.27. The molecule has 1 atom stereocenters. The van der Waals surface area contributed by atoms with Crippen LogP contribution in [0.1, 0.15) is 23.3 Å². The Hall–Kier alpha value is -1.62. The summed E-state index contributed by atoms with van der Waals surface area (Å²) in [5.41, 5.74) is 0.661. The van der Waals surface area contributed by atoms with Gasteiger partial charge in [-0.2, -0.15) is 0 Å². The van der Waals surface area contributed by atoms with Gasteiger partial charge in [0.05, 0.1) is 5.69 Å². The summed E-state index contributed by atoms with van der Waals surface area (Å²) in [7, 11) is 0. The number of carbonyl (C=O) groups is 1. The van der Waals surface area contributed by atoms with Crippen molar-refractivity contribution < 1.29 is 14.6 Å². The van der Waals surface area contributed by atoms with Gasteiger partial charge in [0.2, 0.25) is 0 Å². The van der Waals surface area contributed by atoms with Gasteiger partial charge in [0.15, 0.2) is 5.69 Å². The van der Waals surface area contributed by atoms with E-state index < -0.39 is 5.97 Å². The fourth-order valence-electron chi connectivity index (χ4n) is 1.94. The second-order valence-corrected chi connectivity index (χ2v) is 4.15. The van der Waals surface area contributed by atoms with Gasteiger partial charge in [-0.25, -0.2) is 9.78 Å². The van der Waals surface area contributed by atoms with Crippen molar-refractivity contribution in [2.45, 2.75) is 12.8 Å². The topological polar surface area (TPSA) is 71.5 Å². The van der Waals surface area contributed by atoms with Crippen LogP contribution in [0.25, 0.3) is 0 Å². The van der Waals surface area contributed by atoms with Gasteiger partial charge >= 0.3 is 5.97 Å². The molecule has 0 spiro atoms. The molecule has 17 heavy (non-hydrogen) atoms. The first kappa shape index (κ1) is 11.9. The van der Waals surface area contributed by atoms with Crippen LogP contribution in [0.3, 0.4) is 0 Å². The molecule has 5 heteroatoms. The predicted molar refractivity (Wildman–Crippen MR) is 63.2 cm³/mol. The zero-order valence-electron chi connectivity index (χ0n) is 9.56. The van der Waals surface area contributed by atoms with Crippen molar-refractivity contribution >= 4 is 11.7 Å². The number of nitrogens with zero attached hydrogens (tertiary/aromatic N) is 1. The molecule has 1 aliphatic rings. The van der Waals surface area contributed by atoms with E-state index in [9.17, 15) is 4.79 Å². The first-order valence-electron chi connectivity index (χ1n) is 5.77. The number of carboxylic acid groups (broad SMARTS) is 1. The summed E-state index contributed by atoms with van der Waals surface area (Å²) in [5, 5.41) is 12.1. The molecule has 2 rings (SSSR count). The van der Waals surface area contributed by atoms with Crippen molar-refractivity contribution in [3.8, 4) is 0 Å². The first-order valence-corrected chi connectivity index (χ1v) is 5.77. The third-order valence-corrected chi connectivity index (χ3v) is 2.90. The van der Waals surface area contributed by atoms with Crippen molar-refractivity contribution in [2.75, 3.05) is 25.1 Å². The molecular weight excluding hydrogens is 220 g/mol. The molecule has 2 heterocycles. The number of ether oxygens (including phenoxy) is 1. The Bertz CT molecular complexity index is 389. The molecule has 5 nitrogen and oxygen atoms in total. The Kier molecular flexibility index (Phi) is 3.93. The Labute approximate surface area is 99.8 Å². The maximum absolute atomic E-state index is 10.9. The highest BCUT2D eigenvalue weighted by molar-refractivity contribution is 5.91. The second-order valence-electron chi connectivity index (χ2n) is 4.15. The third kappa shape index (κ3) is 3.17. The minimum absolute atomic E-state index is 0.0789. The summed E-state index contributed by atoms with van der Waals surface area (Å²) in [4.78, 5) is 14.8. The standard InChI is InChI=1S/C12H16N2O3/c15-12(16)11-10(2-1-5-14-11)13-6-3-9-4-7-17-8-9/h1-2,5,9,13H,3-4,6-8H2,(H,15,16). The quantitative estimate of drug-likeness (QED) is 0.812. The maximum atomic E-state index is 10.9. The number of hydrogen-bond donors (Lipinski definition) is 2. The molecule has 2 N–H and O–H groups in total. The third-order valence-electron chi connectivity index (χ3n) is 2.90. The Morgan fingerprint density at radius 2 is 2.53 bits per heavy atom. The molecule has 0 aliphatic carbocycles. The average Bonchev–Trinajstić information content (AvgIpc) is 2.82. The SMILES string of the molecule is O=C(O)c1ncccc1NCCC1CCOC1. The molecule has 1 aromatic rings. The van der Waals surface area contributed by atoms with Crippen LogP contribution in [0.5, 0.6) is 0 Å². The highest BCUT2D eigenvalue weighted by Gasteiger charge is 2.15. The largest absolute Gasteiger partial charge is 0.476 e. The smallest absolute Gasteiger partial charge is 0.356 e. The van der Waals surface area contributed by atoms with Crippen molar-refractivity contribution in [3.63, 3.8) is 0 Å².